The van der Waals surface area contributed by atoms with E-state index in [0.717, 1.165) is 32.1 Å². The lowest BCUT2D eigenvalue weighted by Gasteiger charge is -2.42. The van der Waals surface area contributed by atoms with E-state index < -0.39 is 40.3 Å². The maximum atomic E-state index is 12.9. The number of aliphatic hydroxyl groups is 2. The number of ether oxygens (including phenoxy) is 2. The van der Waals surface area contributed by atoms with Crippen LogP contribution >= 0.6 is 0 Å². The number of hydrogen-bond donors (Lipinski definition) is 2. The SMILES string of the molecule is CO[S@@](=O)c1ccccc1.OC(c1ccccc1)(c1ccccc1)[C@@H]1OC2(CCCCC2)O[C@H]1C(O)(c1ccccc1)c1ccccc1. The van der Waals surface area contributed by atoms with Crippen LogP contribution in [0.15, 0.2) is 157 Å². The summed E-state index contributed by atoms with van der Waals surface area (Å²) < 4.78 is 29.4. The molecule has 1 aliphatic carbocycles. The van der Waals surface area contributed by atoms with Crippen molar-refractivity contribution in [3.05, 3.63) is 174 Å². The van der Waals surface area contributed by atoms with Crippen molar-refractivity contribution in [2.24, 2.45) is 0 Å². The number of benzene rings is 5. The molecule has 3 atom stereocenters. The highest BCUT2D eigenvalue weighted by Crippen LogP contribution is 2.53. The van der Waals surface area contributed by atoms with E-state index in [1.807, 2.05) is 140 Å². The smallest absolute Gasteiger partial charge is 0.188 e. The Hall–Kier alpha value is -3.95. The first-order valence-electron chi connectivity index (χ1n) is 16.4. The van der Waals surface area contributed by atoms with Gasteiger partial charge in [0, 0.05) is 12.8 Å². The summed E-state index contributed by atoms with van der Waals surface area (Å²) in [4.78, 5) is 0.699. The summed E-state index contributed by atoms with van der Waals surface area (Å²) in [6.07, 6.45) is 2.73. The highest BCUT2D eigenvalue weighted by molar-refractivity contribution is 7.80. The van der Waals surface area contributed by atoms with Crippen LogP contribution in [-0.4, -0.2) is 39.5 Å². The summed E-state index contributed by atoms with van der Waals surface area (Å²) >= 11 is -1.29. The zero-order valence-corrected chi connectivity index (χ0v) is 27.9. The molecule has 0 bridgehead atoms. The Kier molecular flexibility index (Phi) is 10.7. The summed E-state index contributed by atoms with van der Waals surface area (Å²) in [5.74, 6) is -0.872. The minimum Gasteiger partial charge on any atom is -0.378 e. The molecule has 1 saturated heterocycles. The molecule has 2 fully saturated rings. The first kappa shape index (κ1) is 33.9. The summed E-state index contributed by atoms with van der Waals surface area (Å²) in [5, 5.41) is 25.8. The Balaban J connectivity index is 0.000000345. The zero-order chi connectivity index (χ0) is 33.5. The highest BCUT2D eigenvalue weighted by atomic mass is 32.2. The monoisotopic (exact) mass is 662 g/mol. The maximum absolute atomic E-state index is 12.9. The summed E-state index contributed by atoms with van der Waals surface area (Å²) in [7, 11) is 1.42. The van der Waals surface area contributed by atoms with Gasteiger partial charge in [0.25, 0.3) is 0 Å². The molecule has 5 aromatic rings. The molecule has 1 aliphatic heterocycles. The minimum absolute atomic E-state index is 0.695. The van der Waals surface area contributed by atoms with Crippen molar-refractivity contribution in [1.82, 2.24) is 0 Å². The molecule has 2 N–H and O–H groups in total. The lowest BCUT2D eigenvalue weighted by Crippen LogP contribution is -2.54. The Morgan fingerprint density at radius 1 is 0.562 bits per heavy atom. The molecule has 0 aromatic heterocycles. The maximum Gasteiger partial charge on any atom is 0.188 e. The van der Waals surface area contributed by atoms with Crippen molar-refractivity contribution in [2.45, 2.75) is 66.2 Å². The van der Waals surface area contributed by atoms with Crippen LogP contribution in [0.25, 0.3) is 0 Å². The van der Waals surface area contributed by atoms with Crippen LogP contribution in [0.3, 0.4) is 0 Å². The Morgan fingerprint density at radius 2 is 0.875 bits per heavy atom. The standard InChI is InChI=1S/C34H34O4.C7H8O2S/c35-33(26-16-6-1-7-17-26,27-18-8-2-9-19-27)30-31(38-32(37-30)24-14-5-15-25-32)34(36,28-20-10-3-11-21-28)29-22-12-4-13-23-29;1-9-10(8)7-5-3-2-4-6-7/h1-4,6-13,16-23,30-31,35-36H,5,14-15,24-25H2;2-6H,1H3/t30-,31-;10-/m11/s1. The van der Waals surface area contributed by atoms with E-state index >= 15 is 0 Å². The van der Waals surface area contributed by atoms with Gasteiger partial charge in [0.15, 0.2) is 16.9 Å². The Labute approximate surface area is 285 Å². The van der Waals surface area contributed by atoms with Gasteiger partial charge in [-0.05, 0) is 47.2 Å². The third kappa shape index (κ3) is 6.80. The second-order valence-corrected chi connectivity index (χ2v) is 13.5. The van der Waals surface area contributed by atoms with Gasteiger partial charge in [0.2, 0.25) is 0 Å². The van der Waals surface area contributed by atoms with Crippen molar-refractivity contribution in [1.29, 1.82) is 0 Å². The predicted octanol–water partition coefficient (Wildman–Crippen LogP) is 7.66. The van der Waals surface area contributed by atoms with Crippen LogP contribution in [0.2, 0.25) is 0 Å². The molecule has 1 heterocycles. The lowest BCUT2D eigenvalue weighted by molar-refractivity contribution is -0.213. The molecule has 0 radical (unpaired) electrons. The van der Waals surface area contributed by atoms with Gasteiger partial charge in [-0.15, -0.1) is 0 Å². The van der Waals surface area contributed by atoms with Crippen LogP contribution in [0.4, 0.5) is 0 Å². The summed E-state index contributed by atoms with van der Waals surface area (Å²) in [5.41, 5.74) is -0.373. The average Bonchev–Trinajstić information content (AvgIpc) is 3.55. The fourth-order valence-corrected chi connectivity index (χ4v) is 7.51. The van der Waals surface area contributed by atoms with E-state index in [0.29, 0.717) is 27.1 Å². The fourth-order valence-electron chi connectivity index (χ4n) is 6.94. The molecule has 1 spiro atoms. The molecule has 48 heavy (non-hydrogen) atoms. The van der Waals surface area contributed by atoms with Crippen LogP contribution in [0.1, 0.15) is 54.4 Å². The Bertz CT molecular complexity index is 1550. The van der Waals surface area contributed by atoms with Crippen LogP contribution in [0.5, 0.6) is 0 Å². The second kappa shape index (κ2) is 15.1. The number of rotatable bonds is 8. The molecule has 0 amide bonds. The predicted molar refractivity (Wildman–Crippen MR) is 187 cm³/mol. The van der Waals surface area contributed by atoms with Gasteiger partial charge < -0.3 is 19.7 Å². The van der Waals surface area contributed by atoms with Crippen molar-refractivity contribution < 1.29 is 28.1 Å². The van der Waals surface area contributed by atoms with Gasteiger partial charge in [-0.25, -0.2) is 4.21 Å². The van der Waals surface area contributed by atoms with Gasteiger partial charge in [0.05, 0.1) is 12.0 Å². The van der Waals surface area contributed by atoms with E-state index in [9.17, 15) is 14.4 Å². The fraction of sp³-hybridized carbons (Fsp3) is 0.268. The summed E-state index contributed by atoms with van der Waals surface area (Å²) in [6, 6.07) is 47.5. The first-order chi connectivity index (χ1) is 23.4. The van der Waals surface area contributed by atoms with E-state index in [-0.39, 0.29) is 0 Å². The zero-order valence-electron chi connectivity index (χ0n) is 27.1. The van der Waals surface area contributed by atoms with Gasteiger partial charge in [0.1, 0.15) is 23.4 Å². The van der Waals surface area contributed by atoms with Crippen LogP contribution in [0, 0.1) is 0 Å². The summed E-state index contributed by atoms with van der Waals surface area (Å²) in [6.45, 7) is 0. The molecular weight excluding hydrogens is 621 g/mol. The number of hydrogen-bond acceptors (Lipinski definition) is 6. The third-order valence-electron chi connectivity index (χ3n) is 9.34. The molecule has 1 saturated carbocycles. The average molecular weight is 663 g/mol. The molecule has 7 rings (SSSR count). The molecular formula is C41H42O6S. The second-order valence-electron chi connectivity index (χ2n) is 12.3. The van der Waals surface area contributed by atoms with E-state index in [4.69, 9.17) is 9.47 Å². The Morgan fingerprint density at radius 3 is 1.19 bits per heavy atom. The topological polar surface area (TPSA) is 85.2 Å². The van der Waals surface area contributed by atoms with Crippen molar-refractivity contribution in [3.63, 3.8) is 0 Å². The third-order valence-corrected chi connectivity index (χ3v) is 10.3. The quantitative estimate of drug-likeness (QED) is 0.178. The van der Waals surface area contributed by atoms with Crippen molar-refractivity contribution in [2.75, 3.05) is 7.11 Å². The molecule has 5 aromatic carbocycles. The lowest BCUT2D eigenvalue weighted by atomic mass is 9.72. The molecule has 7 heteroatoms. The normalized spacial score (nSPS) is 19.6. The van der Waals surface area contributed by atoms with Crippen LogP contribution in [-0.2, 0) is 35.9 Å². The molecule has 6 nitrogen and oxygen atoms in total. The van der Waals surface area contributed by atoms with Gasteiger partial charge in [-0.1, -0.05) is 146 Å². The van der Waals surface area contributed by atoms with Crippen molar-refractivity contribution >= 4 is 11.1 Å². The molecule has 248 valence electrons. The van der Waals surface area contributed by atoms with E-state index in [1.54, 1.807) is 12.1 Å². The van der Waals surface area contributed by atoms with Crippen molar-refractivity contribution in [3.8, 4) is 0 Å². The largest absolute Gasteiger partial charge is 0.378 e. The van der Waals surface area contributed by atoms with Gasteiger partial charge >= 0.3 is 0 Å². The van der Waals surface area contributed by atoms with Gasteiger partial charge in [-0.2, -0.15) is 0 Å². The molecule has 0 unspecified atom stereocenters. The molecule has 2 aliphatic rings. The minimum atomic E-state index is -1.58. The first-order valence-corrected chi connectivity index (χ1v) is 17.5. The van der Waals surface area contributed by atoms with Gasteiger partial charge in [-0.3, -0.25) is 4.18 Å². The van der Waals surface area contributed by atoms with E-state index in [2.05, 4.69) is 4.18 Å². The van der Waals surface area contributed by atoms with E-state index in [1.165, 1.54) is 7.11 Å². The van der Waals surface area contributed by atoms with Crippen LogP contribution < -0.4 is 0 Å². The highest BCUT2D eigenvalue weighted by Gasteiger charge is 2.63.